The van der Waals surface area contributed by atoms with Crippen LogP contribution in [0.2, 0.25) is 0 Å². The van der Waals surface area contributed by atoms with Crippen molar-refractivity contribution in [1.82, 2.24) is 0 Å². The van der Waals surface area contributed by atoms with Crippen LogP contribution >= 0.6 is 0 Å². The normalized spacial score (nSPS) is 13.1. The summed E-state index contributed by atoms with van der Waals surface area (Å²) in [5.74, 6) is 0. The van der Waals surface area contributed by atoms with E-state index in [-0.39, 0.29) is 0 Å². The fraction of sp³-hybridized carbons (Fsp3) is 0.0175. The van der Waals surface area contributed by atoms with Gasteiger partial charge in [-0.2, -0.15) is 0 Å². The third-order valence-electron chi connectivity index (χ3n) is 12.7. The lowest BCUT2D eigenvalue weighted by atomic mass is 9.65. The molecule has 0 unspecified atom stereocenters. The van der Waals surface area contributed by atoms with Gasteiger partial charge in [0.15, 0.2) is 0 Å². The lowest BCUT2D eigenvalue weighted by Crippen LogP contribution is -2.29. The van der Waals surface area contributed by atoms with Gasteiger partial charge in [0.1, 0.15) is 0 Å². The van der Waals surface area contributed by atoms with E-state index in [1.54, 1.807) is 0 Å². The lowest BCUT2D eigenvalue weighted by Gasteiger charge is -2.35. The monoisotopic (exact) mass is 720 g/mol. The van der Waals surface area contributed by atoms with E-state index < -0.39 is 5.41 Å². The van der Waals surface area contributed by atoms with E-state index >= 15 is 0 Å². The highest BCUT2D eigenvalue weighted by Gasteiger charge is 2.49. The molecule has 0 N–H and O–H groups in total. The molecule has 0 saturated carbocycles. The summed E-state index contributed by atoms with van der Waals surface area (Å²) in [7, 11) is 0. The van der Waals surface area contributed by atoms with Crippen LogP contribution in [-0.4, -0.2) is 0 Å². The summed E-state index contributed by atoms with van der Waals surface area (Å²) in [5.41, 5.74) is 12.4. The minimum atomic E-state index is -0.561. The molecule has 0 heteroatoms. The molecule has 12 rings (SSSR count). The number of rotatable bonds is 4. The maximum atomic E-state index is 2.45. The third kappa shape index (κ3) is 4.44. The van der Waals surface area contributed by atoms with Crippen molar-refractivity contribution in [2.24, 2.45) is 0 Å². The second kappa shape index (κ2) is 12.4. The van der Waals surface area contributed by atoms with Crippen LogP contribution in [0.25, 0.3) is 87.2 Å². The second-order valence-electron chi connectivity index (χ2n) is 15.5. The molecular weight excluding hydrogens is 685 g/mol. The van der Waals surface area contributed by atoms with Crippen LogP contribution in [0, 0.1) is 0 Å². The van der Waals surface area contributed by atoms with Gasteiger partial charge in [-0.05, 0) is 116 Å². The summed E-state index contributed by atoms with van der Waals surface area (Å²) in [6.45, 7) is 0. The van der Waals surface area contributed by atoms with Crippen molar-refractivity contribution in [2.45, 2.75) is 5.41 Å². The molecular formula is C57H36. The average molecular weight is 721 g/mol. The molecule has 0 spiro atoms. The first-order chi connectivity index (χ1) is 28.3. The van der Waals surface area contributed by atoms with E-state index in [1.165, 1.54) is 109 Å². The van der Waals surface area contributed by atoms with Crippen molar-refractivity contribution in [3.8, 4) is 33.4 Å². The number of fused-ring (bicyclic) bond motifs is 12. The SMILES string of the molecule is c1ccc(-c2c3ccccc3c(-c3ccc4c5c(ccc4c3)-c3c(c4ccccc4c4ccccc34)C5(c3ccccc3)c3ccccc3)c3ccccc23)cc1. The molecule has 11 aromatic rings. The first-order valence-corrected chi connectivity index (χ1v) is 19.9. The quantitative estimate of drug-likeness (QED) is 0.125. The van der Waals surface area contributed by atoms with Gasteiger partial charge in [-0.3, -0.25) is 0 Å². The van der Waals surface area contributed by atoms with Crippen molar-refractivity contribution in [3.63, 3.8) is 0 Å². The Kier molecular flexibility index (Phi) is 6.94. The van der Waals surface area contributed by atoms with Crippen LogP contribution in [0.5, 0.6) is 0 Å². The van der Waals surface area contributed by atoms with Crippen LogP contribution in [-0.2, 0) is 5.41 Å². The van der Waals surface area contributed by atoms with E-state index in [0.717, 1.165) is 0 Å². The van der Waals surface area contributed by atoms with Gasteiger partial charge in [-0.1, -0.05) is 212 Å². The number of hydrogen-bond acceptors (Lipinski definition) is 0. The van der Waals surface area contributed by atoms with Crippen LogP contribution in [0.1, 0.15) is 22.3 Å². The van der Waals surface area contributed by atoms with Gasteiger partial charge in [-0.15, -0.1) is 0 Å². The van der Waals surface area contributed by atoms with Crippen LogP contribution in [0.15, 0.2) is 218 Å². The Morgan fingerprint density at radius 2 is 0.667 bits per heavy atom. The fourth-order valence-electron chi connectivity index (χ4n) is 10.5. The zero-order chi connectivity index (χ0) is 37.5. The molecule has 0 radical (unpaired) electrons. The number of hydrogen-bond donors (Lipinski definition) is 0. The maximum Gasteiger partial charge on any atom is 0.0725 e. The van der Waals surface area contributed by atoms with Gasteiger partial charge in [0, 0.05) is 0 Å². The van der Waals surface area contributed by atoms with E-state index in [4.69, 9.17) is 0 Å². The Morgan fingerprint density at radius 3 is 1.21 bits per heavy atom. The Morgan fingerprint density at radius 1 is 0.246 bits per heavy atom. The fourth-order valence-corrected chi connectivity index (χ4v) is 10.5. The summed E-state index contributed by atoms with van der Waals surface area (Å²) in [5, 5.41) is 12.8. The minimum absolute atomic E-state index is 0.561. The molecule has 0 fully saturated rings. The zero-order valence-corrected chi connectivity index (χ0v) is 31.3. The van der Waals surface area contributed by atoms with Gasteiger partial charge in [0.25, 0.3) is 0 Å². The Bertz CT molecular complexity index is 3280. The molecule has 11 aromatic carbocycles. The standard InChI is InChI=1S/C57H36/c1-4-18-37(19-5-1)52-46-27-13-15-29-48(46)53(49-30-16-14-28-47(49)52)39-33-34-42-38(36-39)32-35-51-54-45-26-12-10-24-43(45)44-25-11-17-31-50(44)56(54)57(55(42)51,40-20-6-2-7-21-40)41-22-8-3-9-23-41/h1-36H. The molecule has 0 heterocycles. The van der Waals surface area contributed by atoms with Gasteiger partial charge in [-0.25, -0.2) is 0 Å². The van der Waals surface area contributed by atoms with E-state index in [1.807, 2.05) is 0 Å². The van der Waals surface area contributed by atoms with Crippen LogP contribution in [0.4, 0.5) is 0 Å². The van der Waals surface area contributed by atoms with Crippen molar-refractivity contribution in [2.75, 3.05) is 0 Å². The van der Waals surface area contributed by atoms with Gasteiger partial charge in [0.05, 0.1) is 5.41 Å². The molecule has 0 aromatic heterocycles. The molecule has 0 aliphatic heterocycles. The molecule has 57 heavy (non-hydrogen) atoms. The van der Waals surface area contributed by atoms with Crippen molar-refractivity contribution in [3.05, 3.63) is 241 Å². The Balaban J connectivity index is 1.22. The van der Waals surface area contributed by atoms with Gasteiger partial charge < -0.3 is 0 Å². The van der Waals surface area contributed by atoms with Crippen molar-refractivity contribution >= 4 is 53.9 Å². The number of benzene rings is 11. The van der Waals surface area contributed by atoms with Crippen LogP contribution < -0.4 is 0 Å². The highest BCUT2D eigenvalue weighted by atomic mass is 14.5. The van der Waals surface area contributed by atoms with E-state index in [2.05, 4.69) is 218 Å². The Labute approximate surface area is 331 Å². The smallest absolute Gasteiger partial charge is 0.0622 e. The third-order valence-corrected chi connectivity index (χ3v) is 12.7. The lowest BCUT2D eigenvalue weighted by molar-refractivity contribution is 0.783. The van der Waals surface area contributed by atoms with Crippen LogP contribution in [0.3, 0.4) is 0 Å². The Hall–Kier alpha value is -7.28. The van der Waals surface area contributed by atoms with E-state index in [0.29, 0.717) is 0 Å². The van der Waals surface area contributed by atoms with Gasteiger partial charge in [0.2, 0.25) is 0 Å². The first kappa shape index (κ1) is 32.0. The largest absolute Gasteiger partial charge is 0.0725 e. The zero-order valence-electron chi connectivity index (χ0n) is 31.3. The van der Waals surface area contributed by atoms with Gasteiger partial charge >= 0.3 is 0 Å². The summed E-state index contributed by atoms with van der Waals surface area (Å²) >= 11 is 0. The molecule has 264 valence electrons. The highest BCUT2D eigenvalue weighted by molar-refractivity contribution is 6.23. The highest BCUT2D eigenvalue weighted by Crippen LogP contribution is 2.62. The summed E-state index contributed by atoms with van der Waals surface area (Å²) < 4.78 is 0. The maximum absolute atomic E-state index is 2.45. The molecule has 1 aliphatic rings. The van der Waals surface area contributed by atoms with E-state index in [9.17, 15) is 0 Å². The second-order valence-corrected chi connectivity index (χ2v) is 15.5. The summed E-state index contributed by atoms with van der Waals surface area (Å²) in [6.07, 6.45) is 0. The predicted molar refractivity (Wildman–Crippen MR) is 242 cm³/mol. The molecule has 0 amide bonds. The summed E-state index contributed by atoms with van der Waals surface area (Å²) in [4.78, 5) is 0. The first-order valence-electron chi connectivity index (χ1n) is 19.9. The molecule has 1 aliphatic carbocycles. The minimum Gasteiger partial charge on any atom is -0.0622 e. The molecule has 0 saturated heterocycles. The predicted octanol–water partition coefficient (Wildman–Crippen LogP) is 15.1. The molecule has 0 atom stereocenters. The van der Waals surface area contributed by atoms with Crippen molar-refractivity contribution in [1.29, 1.82) is 0 Å². The molecule has 0 nitrogen and oxygen atoms in total. The molecule has 0 bridgehead atoms. The topological polar surface area (TPSA) is 0 Å². The average Bonchev–Trinajstić information content (AvgIpc) is 3.62. The van der Waals surface area contributed by atoms with Crippen molar-refractivity contribution < 1.29 is 0 Å². The summed E-state index contributed by atoms with van der Waals surface area (Å²) in [6, 6.07) is 81.4.